The zero-order valence-corrected chi connectivity index (χ0v) is 17.7. The minimum absolute atomic E-state index is 0.111. The summed E-state index contributed by atoms with van der Waals surface area (Å²) < 4.78 is 0. The second kappa shape index (κ2) is 9.47. The molecule has 0 unspecified atom stereocenters. The normalized spacial score (nSPS) is 10.7. The van der Waals surface area contributed by atoms with Crippen LogP contribution in [0.25, 0.3) is 10.2 Å². The van der Waals surface area contributed by atoms with E-state index in [2.05, 4.69) is 38.9 Å². The predicted molar refractivity (Wildman–Crippen MR) is 116 cm³/mol. The third-order valence-corrected chi connectivity index (χ3v) is 5.54. The number of aryl methyl sites for hydroxylation is 2. The topological polar surface area (TPSA) is 96.0 Å². The molecule has 0 spiro atoms. The molecule has 0 saturated heterocycles. The number of aromatic nitrogens is 2. The molecule has 0 aliphatic heterocycles. The molecule has 3 N–H and O–H groups in total. The highest BCUT2D eigenvalue weighted by Crippen LogP contribution is 2.29. The van der Waals surface area contributed by atoms with Crippen molar-refractivity contribution in [3.05, 3.63) is 52.2 Å². The van der Waals surface area contributed by atoms with Crippen LogP contribution in [0.5, 0.6) is 0 Å². The lowest BCUT2D eigenvalue weighted by molar-refractivity contribution is -0.118. The van der Waals surface area contributed by atoms with Crippen molar-refractivity contribution in [3.63, 3.8) is 0 Å². The van der Waals surface area contributed by atoms with Crippen LogP contribution >= 0.6 is 11.3 Å². The molecule has 3 aromatic rings. The summed E-state index contributed by atoms with van der Waals surface area (Å²) >= 11 is 1.70. The van der Waals surface area contributed by atoms with Gasteiger partial charge in [0.2, 0.25) is 5.91 Å². The first-order chi connectivity index (χ1) is 14.0. The van der Waals surface area contributed by atoms with Crippen molar-refractivity contribution in [2.24, 2.45) is 0 Å². The summed E-state index contributed by atoms with van der Waals surface area (Å²) in [5, 5.41) is 9.87. The number of anilines is 1. The van der Waals surface area contributed by atoms with Crippen molar-refractivity contribution < 1.29 is 9.59 Å². The molecule has 2 amide bonds. The Hall–Kier alpha value is -3.00. The fourth-order valence-corrected chi connectivity index (χ4v) is 3.88. The number of hydrogen-bond donors (Lipinski definition) is 3. The van der Waals surface area contributed by atoms with E-state index in [1.165, 1.54) is 11.8 Å². The zero-order valence-electron chi connectivity index (χ0n) is 16.8. The second-order valence-corrected chi connectivity index (χ2v) is 7.81. The molecule has 0 aliphatic rings. The fraction of sp³-hybridized carbons (Fsp3) is 0.333. The Balaban J connectivity index is 1.60. The molecule has 0 aliphatic carbocycles. The van der Waals surface area contributed by atoms with E-state index >= 15 is 0 Å². The molecule has 1 aromatic carbocycles. The van der Waals surface area contributed by atoms with Gasteiger partial charge in [0.1, 0.15) is 16.5 Å². The van der Waals surface area contributed by atoms with Gasteiger partial charge in [-0.25, -0.2) is 9.97 Å². The number of nitrogens with zero attached hydrogens (tertiary/aromatic N) is 2. The van der Waals surface area contributed by atoms with Crippen LogP contribution in [0.15, 0.2) is 30.3 Å². The Morgan fingerprint density at radius 2 is 1.79 bits per heavy atom. The van der Waals surface area contributed by atoms with Gasteiger partial charge >= 0.3 is 0 Å². The van der Waals surface area contributed by atoms with E-state index in [0.29, 0.717) is 25.2 Å². The molecule has 2 aromatic heterocycles. The minimum atomic E-state index is -0.159. The third kappa shape index (κ3) is 5.51. The smallest absolute Gasteiger partial charge is 0.251 e. The number of amides is 2. The standard InChI is InChI=1S/C21H25N5O2S/c1-4-17-11-18-19(25-13(2)26-21(18)29-17)24-12-15-5-7-16(8-6-15)20(28)23-10-9-22-14(3)27/h5-8,11H,4,9-10,12H2,1-3H3,(H,22,27)(H,23,28)(H,24,25,26). The largest absolute Gasteiger partial charge is 0.365 e. The summed E-state index contributed by atoms with van der Waals surface area (Å²) in [5.74, 6) is 1.31. The summed E-state index contributed by atoms with van der Waals surface area (Å²) in [6.07, 6.45) is 0.980. The highest BCUT2D eigenvalue weighted by molar-refractivity contribution is 7.18. The first-order valence-electron chi connectivity index (χ1n) is 9.58. The maximum absolute atomic E-state index is 12.1. The van der Waals surface area contributed by atoms with Crippen LogP contribution in [0, 0.1) is 6.92 Å². The Morgan fingerprint density at radius 1 is 1.07 bits per heavy atom. The van der Waals surface area contributed by atoms with Crippen LogP contribution in [0.2, 0.25) is 0 Å². The number of carbonyl (C=O) groups excluding carboxylic acids is 2. The van der Waals surface area contributed by atoms with E-state index in [-0.39, 0.29) is 11.8 Å². The summed E-state index contributed by atoms with van der Waals surface area (Å²) in [6.45, 7) is 6.89. The summed E-state index contributed by atoms with van der Waals surface area (Å²) in [5.41, 5.74) is 1.64. The highest BCUT2D eigenvalue weighted by Gasteiger charge is 2.10. The first kappa shape index (κ1) is 20.7. The number of thiophene rings is 1. The monoisotopic (exact) mass is 411 g/mol. The molecule has 0 bridgehead atoms. The van der Waals surface area contributed by atoms with Gasteiger partial charge in [-0.1, -0.05) is 19.1 Å². The maximum Gasteiger partial charge on any atom is 0.251 e. The number of hydrogen-bond acceptors (Lipinski definition) is 6. The van der Waals surface area contributed by atoms with E-state index in [9.17, 15) is 9.59 Å². The Kier molecular flexibility index (Phi) is 6.77. The molecule has 29 heavy (non-hydrogen) atoms. The molecular weight excluding hydrogens is 386 g/mol. The van der Waals surface area contributed by atoms with Crippen LogP contribution in [0.4, 0.5) is 5.82 Å². The minimum Gasteiger partial charge on any atom is -0.365 e. The van der Waals surface area contributed by atoms with Gasteiger partial charge in [-0.3, -0.25) is 9.59 Å². The summed E-state index contributed by atoms with van der Waals surface area (Å²) in [7, 11) is 0. The Morgan fingerprint density at radius 3 is 2.48 bits per heavy atom. The maximum atomic E-state index is 12.1. The lowest BCUT2D eigenvalue weighted by Crippen LogP contribution is -2.33. The van der Waals surface area contributed by atoms with Gasteiger partial charge in [0.25, 0.3) is 5.91 Å². The number of rotatable bonds is 8. The zero-order chi connectivity index (χ0) is 20.8. The van der Waals surface area contributed by atoms with Gasteiger partial charge in [-0.05, 0) is 37.1 Å². The van der Waals surface area contributed by atoms with Crippen LogP contribution in [0.1, 0.15) is 40.5 Å². The molecule has 2 heterocycles. The predicted octanol–water partition coefficient (Wildman–Crippen LogP) is 3.04. The van der Waals surface area contributed by atoms with Gasteiger partial charge in [0.15, 0.2) is 0 Å². The molecule has 0 radical (unpaired) electrons. The van der Waals surface area contributed by atoms with Crippen molar-refractivity contribution >= 4 is 39.2 Å². The van der Waals surface area contributed by atoms with E-state index in [1.54, 1.807) is 23.5 Å². The van der Waals surface area contributed by atoms with Crippen molar-refractivity contribution in [1.29, 1.82) is 0 Å². The van der Waals surface area contributed by atoms with Crippen LogP contribution in [-0.2, 0) is 17.8 Å². The molecule has 7 nitrogen and oxygen atoms in total. The lowest BCUT2D eigenvalue weighted by Gasteiger charge is -2.09. The van der Waals surface area contributed by atoms with Crippen molar-refractivity contribution in [1.82, 2.24) is 20.6 Å². The van der Waals surface area contributed by atoms with Crippen LogP contribution in [-0.4, -0.2) is 34.9 Å². The van der Waals surface area contributed by atoms with Gasteiger partial charge in [-0.2, -0.15) is 0 Å². The Bertz CT molecular complexity index is 1010. The SMILES string of the molecule is CCc1cc2c(NCc3ccc(C(=O)NCCNC(C)=O)cc3)nc(C)nc2s1. The summed E-state index contributed by atoms with van der Waals surface area (Å²) in [6, 6.07) is 9.59. The average Bonchev–Trinajstić information content (AvgIpc) is 3.12. The van der Waals surface area contributed by atoms with Gasteiger partial charge in [0.05, 0.1) is 5.39 Å². The molecule has 0 atom stereocenters. The number of fused-ring (bicyclic) bond motifs is 1. The molecule has 0 saturated carbocycles. The number of benzene rings is 1. The fourth-order valence-electron chi connectivity index (χ4n) is 2.86. The number of nitrogens with one attached hydrogen (secondary N) is 3. The molecule has 3 rings (SSSR count). The molecule has 0 fully saturated rings. The third-order valence-electron chi connectivity index (χ3n) is 4.36. The molecule has 8 heteroatoms. The van der Waals surface area contributed by atoms with Gasteiger partial charge in [-0.15, -0.1) is 11.3 Å². The van der Waals surface area contributed by atoms with E-state index in [0.717, 1.165) is 33.8 Å². The highest BCUT2D eigenvalue weighted by atomic mass is 32.1. The van der Waals surface area contributed by atoms with Gasteiger partial charge < -0.3 is 16.0 Å². The first-order valence-corrected chi connectivity index (χ1v) is 10.4. The second-order valence-electron chi connectivity index (χ2n) is 6.69. The molecule has 152 valence electrons. The van der Waals surface area contributed by atoms with E-state index < -0.39 is 0 Å². The quantitative estimate of drug-likeness (QED) is 0.495. The number of carbonyl (C=O) groups is 2. The Labute approximate surface area is 174 Å². The van der Waals surface area contributed by atoms with E-state index in [4.69, 9.17) is 0 Å². The van der Waals surface area contributed by atoms with Crippen molar-refractivity contribution in [3.8, 4) is 0 Å². The van der Waals surface area contributed by atoms with Crippen LogP contribution in [0.3, 0.4) is 0 Å². The van der Waals surface area contributed by atoms with E-state index in [1.807, 2.05) is 19.1 Å². The van der Waals surface area contributed by atoms with Crippen molar-refractivity contribution in [2.75, 3.05) is 18.4 Å². The molecular formula is C21H25N5O2S. The summed E-state index contributed by atoms with van der Waals surface area (Å²) in [4.78, 5) is 34.3. The van der Waals surface area contributed by atoms with Crippen molar-refractivity contribution in [2.45, 2.75) is 33.7 Å². The average molecular weight is 412 g/mol. The van der Waals surface area contributed by atoms with Crippen LogP contribution < -0.4 is 16.0 Å². The lowest BCUT2D eigenvalue weighted by atomic mass is 10.1. The van der Waals surface area contributed by atoms with Gasteiger partial charge in [0, 0.05) is 37.0 Å².